The highest BCUT2D eigenvalue weighted by Crippen LogP contribution is 2.32. The van der Waals surface area contributed by atoms with Crippen LogP contribution in [0.5, 0.6) is 0 Å². The summed E-state index contributed by atoms with van der Waals surface area (Å²) in [6.07, 6.45) is 5.62. The van der Waals surface area contributed by atoms with Crippen LogP contribution in [0.1, 0.15) is 36.9 Å². The molecular formula is C17H23N3O2. The van der Waals surface area contributed by atoms with E-state index in [2.05, 4.69) is 10.3 Å². The minimum atomic E-state index is -0.0742. The maximum atomic E-state index is 12.3. The molecule has 1 aromatic heterocycles. The zero-order valence-electron chi connectivity index (χ0n) is 13.0. The Hall–Kier alpha value is -1.91. The second-order valence-electron chi connectivity index (χ2n) is 6.42. The predicted octanol–water partition coefficient (Wildman–Crippen LogP) is 1.65. The monoisotopic (exact) mass is 301 g/mol. The number of aryl methyl sites for hydroxylation is 1. The van der Waals surface area contributed by atoms with Gasteiger partial charge in [0.05, 0.1) is 5.92 Å². The first-order chi connectivity index (χ1) is 10.6. The van der Waals surface area contributed by atoms with E-state index < -0.39 is 0 Å². The molecule has 5 nitrogen and oxygen atoms in total. The lowest BCUT2D eigenvalue weighted by Gasteiger charge is -2.32. The third-order valence-electron chi connectivity index (χ3n) is 4.47. The van der Waals surface area contributed by atoms with E-state index in [0.29, 0.717) is 13.1 Å². The van der Waals surface area contributed by atoms with Gasteiger partial charge in [0, 0.05) is 37.4 Å². The normalized spacial score (nSPS) is 21.5. The van der Waals surface area contributed by atoms with E-state index in [1.54, 1.807) is 6.20 Å². The van der Waals surface area contributed by atoms with E-state index in [4.69, 9.17) is 0 Å². The lowest BCUT2D eigenvalue weighted by atomic mass is 9.96. The number of carbonyl (C=O) groups is 2. The Morgan fingerprint density at radius 1 is 1.27 bits per heavy atom. The largest absolute Gasteiger partial charge is 0.352 e. The molecule has 118 valence electrons. The van der Waals surface area contributed by atoms with Crippen molar-refractivity contribution >= 4 is 11.8 Å². The molecule has 3 rings (SSSR count). The van der Waals surface area contributed by atoms with Crippen LogP contribution in [-0.2, 0) is 16.1 Å². The summed E-state index contributed by atoms with van der Waals surface area (Å²) in [6.45, 7) is 3.82. The highest BCUT2D eigenvalue weighted by Gasteiger charge is 2.36. The van der Waals surface area contributed by atoms with Crippen LogP contribution < -0.4 is 5.32 Å². The number of hydrogen-bond donors (Lipinski definition) is 1. The molecule has 1 aliphatic carbocycles. The lowest BCUT2D eigenvalue weighted by Crippen LogP contribution is -2.45. The van der Waals surface area contributed by atoms with Crippen molar-refractivity contribution in [1.82, 2.24) is 15.2 Å². The summed E-state index contributed by atoms with van der Waals surface area (Å²) in [7, 11) is 0. The van der Waals surface area contributed by atoms with Gasteiger partial charge >= 0.3 is 0 Å². The molecule has 2 amide bonds. The summed E-state index contributed by atoms with van der Waals surface area (Å²) < 4.78 is 0. The van der Waals surface area contributed by atoms with Gasteiger partial charge in [-0.2, -0.15) is 0 Å². The first-order valence-electron chi connectivity index (χ1n) is 8.11. The third kappa shape index (κ3) is 3.64. The summed E-state index contributed by atoms with van der Waals surface area (Å²) in [5, 5.41) is 2.98. The number of hydrogen-bond acceptors (Lipinski definition) is 3. The lowest BCUT2D eigenvalue weighted by molar-refractivity contribution is -0.136. The van der Waals surface area contributed by atoms with E-state index >= 15 is 0 Å². The fraction of sp³-hybridized carbons (Fsp3) is 0.588. The van der Waals surface area contributed by atoms with Crippen molar-refractivity contribution in [2.75, 3.05) is 13.1 Å². The molecule has 1 aromatic rings. The van der Waals surface area contributed by atoms with E-state index in [-0.39, 0.29) is 23.7 Å². The predicted molar refractivity (Wildman–Crippen MR) is 82.8 cm³/mol. The first kappa shape index (κ1) is 15.0. The Bertz CT molecular complexity index is 552. The van der Waals surface area contributed by atoms with Gasteiger partial charge in [0.2, 0.25) is 11.8 Å². The molecule has 1 saturated heterocycles. The van der Waals surface area contributed by atoms with Gasteiger partial charge in [-0.15, -0.1) is 0 Å². The number of rotatable bonds is 4. The summed E-state index contributed by atoms with van der Waals surface area (Å²) >= 11 is 0. The second kappa shape index (κ2) is 6.46. The molecule has 2 aliphatic rings. The maximum Gasteiger partial charge on any atom is 0.225 e. The minimum Gasteiger partial charge on any atom is -0.352 e. The van der Waals surface area contributed by atoms with Crippen molar-refractivity contribution in [1.29, 1.82) is 0 Å². The topological polar surface area (TPSA) is 62.3 Å². The molecule has 0 unspecified atom stereocenters. The van der Waals surface area contributed by atoms with Crippen molar-refractivity contribution in [3.8, 4) is 0 Å². The first-order valence-corrected chi connectivity index (χ1v) is 8.11. The van der Waals surface area contributed by atoms with Crippen LogP contribution in [0.2, 0.25) is 0 Å². The van der Waals surface area contributed by atoms with Gasteiger partial charge in [0.25, 0.3) is 0 Å². The summed E-state index contributed by atoms with van der Waals surface area (Å²) in [6, 6.07) is 3.92. The number of pyridine rings is 1. The fourth-order valence-electron chi connectivity index (χ4n) is 2.92. The Kier molecular flexibility index (Phi) is 4.41. The van der Waals surface area contributed by atoms with Crippen LogP contribution in [0.15, 0.2) is 18.3 Å². The van der Waals surface area contributed by atoms with Crippen molar-refractivity contribution in [2.45, 2.75) is 39.2 Å². The number of amides is 2. The molecule has 1 N–H and O–H groups in total. The number of likely N-dealkylation sites (tertiary alicyclic amines) is 1. The average Bonchev–Trinajstić information content (AvgIpc) is 3.38. The van der Waals surface area contributed by atoms with Crippen molar-refractivity contribution in [3.63, 3.8) is 0 Å². The van der Waals surface area contributed by atoms with E-state index in [1.807, 2.05) is 24.0 Å². The van der Waals surface area contributed by atoms with Crippen LogP contribution in [0.4, 0.5) is 0 Å². The Balaban J connectivity index is 1.50. The van der Waals surface area contributed by atoms with E-state index in [1.165, 1.54) is 0 Å². The van der Waals surface area contributed by atoms with Gasteiger partial charge in [-0.25, -0.2) is 0 Å². The molecule has 2 heterocycles. The van der Waals surface area contributed by atoms with Gasteiger partial charge < -0.3 is 10.2 Å². The van der Waals surface area contributed by atoms with Gasteiger partial charge in [0.15, 0.2) is 0 Å². The number of nitrogens with one attached hydrogen (secondary N) is 1. The number of aromatic nitrogens is 1. The Labute approximate surface area is 131 Å². The average molecular weight is 301 g/mol. The van der Waals surface area contributed by atoms with Crippen molar-refractivity contribution in [3.05, 3.63) is 29.6 Å². The molecule has 0 bridgehead atoms. The molecule has 0 spiro atoms. The molecule has 1 saturated carbocycles. The van der Waals surface area contributed by atoms with Gasteiger partial charge in [0.1, 0.15) is 0 Å². The molecule has 0 aromatic carbocycles. The SMILES string of the molecule is Cc1ccc(CNC(=O)[C@@H]2CCCN(C(=O)C3CC3)C2)cn1. The summed E-state index contributed by atoms with van der Waals surface area (Å²) in [5.41, 5.74) is 1.97. The van der Waals surface area contributed by atoms with Gasteiger partial charge in [-0.05, 0) is 44.2 Å². The smallest absolute Gasteiger partial charge is 0.225 e. The Morgan fingerprint density at radius 2 is 2.09 bits per heavy atom. The van der Waals surface area contributed by atoms with Crippen molar-refractivity contribution < 1.29 is 9.59 Å². The molecule has 1 aliphatic heterocycles. The maximum absolute atomic E-state index is 12.3. The second-order valence-corrected chi connectivity index (χ2v) is 6.42. The Morgan fingerprint density at radius 3 is 2.77 bits per heavy atom. The quantitative estimate of drug-likeness (QED) is 0.920. The molecule has 1 atom stereocenters. The molecule has 22 heavy (non-hydrogen) atoms. The highest BCUT2D eigenvalue weighted by molar-refractivity contribution is 5.83. The summed E-state index contributed by atoms with van der Waals surface area (Å²) in [4.78, 5) is 30.6. The molecule has 5 heteroatoms. The molecule has 0 radical (unpaired) electrons. The fourth-order valence-corrected chi connectivity index (χ4v) is 2.92. The van der Waals surface area contributed by atoms with Crippen LogP contribution in [0, 0.1) is 18.8 Å². The van der Waals surface area contributed by atoms with Gasteiger partial charge in [-0.3, -0.25) is 14.6 Å². The number of nitrogens with zero attached hydrogens (tertiary/aromatic N) is 2. The molecule has 2 fully saturated rings. The van der Waals surface area contributed by atoms with E-state index in [9.17, 15) is 9.59 Å². The van der Waals surface area contributed by atoms with Crippen molar-refractivity contribution in [2.24, 2.45) is 11.8 Å². The van der Waals surface area contributed by atoms with Crippen LogP contribution >= 0.6 is 0 Å². The van der Waals surface area contributed by atoms with Crippen LogP contribution in [-0.4, -0.2) is 34.8 Å². The standard InChI is InChI=1S/C17H23N3O2/c1-12-4-5-13(9-18-12)10-19-16(21)15-3-2-8-20(11-15)17(22)14-6-7-14/h4-5,9,14-15H,2-3,6-8,10-11H2,1H3,(H,19,21)/t15-/m1/s1. The van der Waals surface area contributed by atoms with E-state index in [0.717, 1.165) is 43.5 Å². The zero-order valence-corrected chi connectivity index (χ0v) is 13.0. The van der Waals surface area contributed by atoms with Crippen LogP contribution in [0.25, 0.3) is 0 Å². The third-order valence-corrected chi connectivity index (χ3v) is 4.47. The number of piperidine rings is 1. The minimum absolute atomic E-state index is 0.0499. The van der Waals surface area contributed by atoms with Gasteiger partial charge in [-0.1, -0.05) is 6.07 Å². The van der Waals surface area contributed by atoms with Crippen LogP contribution in [0.3, 0.4) is 0 Å². The zero-order chi connectivity index (χ0) is 15.5. The summed E-state index contributed by atoms with van der Waals surface area (Å²) in [5.74, 6) is 0.462. The number of carbonyl (C=O) groups excluding carboxylic acids is 2. The molecular weight excluding hydrogens is 278 g/mol. The highest BCUT2D eigenvalue weighted by atomic mass is 16.2.